The molecule has 1 aliphatic rings. The molecule has 7 nitrogen and oxygen atoms in total. The van der Waals surface area contributed by atoms with E-state index in [1.54, 1.807) is 48.7 Å². The smallest absolute Gasteiger partial charge is 0.295 e. The van der Waals surface area contributed by atoms with Crippen molar-refractivity contribution in [1.82, 2.24) is 14.8 Å². The van der Waals surface area contributed by atoms with Crippen LogP contribution < -0.4 is 4.74 Å². The van der Waals surface area contributed by atoms with Gasteiger partial charge in [-0.15, -0.1) is 0 Å². The topological polar surface area (TPSA) is 83.0 Å². The lowest BCUT2D eigenvalue weighted by Gasteiger charge is -2.25. The highest BCUT2D eigenvalue weighted by molar-refractivity contribution is 6.46. The second-order valence-corrected chi connectivity index (χ2v) is 7.01. The van der Waals surface area contributed by atoms with Crippen LogP contribution >= 0.6 is 0 Å². The number of benzene rings is 1. The van der Waals surface area contributed by atoms with E-state index in [2.05, 4.69) is 4.98 Å². The summed E-state index contributed by atoms with van der Waals surface area (Å²) in [6.07, 6.45) is 1.61. The minimum Gasteiger partial charge on any atom is -0.507 e. The van der Waals surface area contributed by atoms with Crippen molar-refractivity contribution in [2.45, 2.75) is 13.0 Å². The van der Waals surface area contributed by atoms with Gasteiger partial charge in [0.05, 0.1) is 17.9 Å². The van der Waals surface area contributed by atoms with E-state index >= 15 is 0 Å². The molecule has 0 radical (unpaired) electrons. The fraction of sp³-hybridized carbons (Fsp3) is 0.318. The van der Waals surface area contributed by atoms with Gasteiger partial charge >= 0.3 is 0 Å². The maximum absolute atomic E-state index is 12.9. The van der Waals surface area contributed by atoms with Crippen LogP contribution in [0.2, 0.25) is 0 Å². The summed E-state index contributed by atoms with van der Waals surface area (Å²) >= 11 is 0. The van der Waals surface area contributed by atoms with E-state index in [9.17, 15) is 14.7 Å². The van der Waals surface area contributed by atoms with Gasteiger partial charge in [-0.3, -0.25) is 14.6 Å². The van der Waals surface area contributed by atoms with Crippen molar-refractivity contribution in [3.05, 3.63) is 65.5 Å². The largest absolute Gasteiger partial charge is 0.507 e. The van der Waals surface area contributed by atoms with Crippen molar-refractivity contribution in [2.75, 3.05) is 33.8 Å². The molecular weight excluding hydrogens is 370 g/mol. The van der Waals surface area contributed by atoms with E-state index in [4.69, 9.17) is 4.74 Å². The predicted octanol–water partition coefficient (Wildman–Crippen LogP) is 2.46. The summed E-state index contributed by atoms with van der Waals surface area (Å²) in [5, 5.41) is 11.0. The van der Waals surface area contributed by atoms with Crippen LogP contribution in [0.3, 0.4) is 0 Å². The van der Waals surface area contributed by atoms with Crippen molar-refractivity contribution >= 4 is 17.4 Å². The zero-order valence-electron chi connectivity index (χ0n) is 16.8. The van der Waals surface area contributed by atoms with Gasteiger partial charge in [-0.05, 0) is 57.4 Å². The lowest BCUT2D eigenvalue weighted by molar-refractivity contribution is -0.140. The summed E-state index contributed by atoms with van der Waals surface area (Å²) in [6.45, 7) is 3.34. The number of hydrogen-bond acceptors (Lipinski definition) is 6. The predicted molar refractivity (Wildman–Crippen MR) is 109 cm³/mol. The standard InChI is InChI=1S/C22H25N3O4/c1-4-29-16-10-8-15(9-11-16)20(26)18-19(17-7-5-6-12-23-17)25(14-13-24(2)3)22(28)21(18)27/h5-12,19,26H,4,13-14H2,1-3H3. The average Bonchev–Trinajstić information content (AvgIpc) is 2.98. The molecule has 1 atom stereocenters. The Morgan fingerprint density at radius 2 is 1.90 bits per heavy atom. The van der Waals surface area contributed by atoms with Gasteiger partial charge in [-0.2, -0.15) is 0 Å². The fourth-order valence-electron chi connectivity index (χ4n) is 3.29. The van der Waals surface area contributed by atoms with Crippen LogP contribution in [0, 0.1) is 0 Å². The molecule has 1 aromatic carbocycles. The first kappa shape index (κ1) is 20.5. The molecule has 0 aliphatic carbocycles. The number of hydrogen-bond donors (Lipinski definition) is 1. The van der Waals surface area contributed by atoms with Crippen LogP contribution in [0.15, 0.2) is 54.2 Å². The van der Waals surface area contributed by atoms with Crippen LogP contribution in [0.5, 0.6) is 5.75 Å². The fourth-order valence-corrected chi connectivity index (χ4v) is 3.29. The minimum atomic E-state index is -0.734. The van der Waals surface area contributed by atoms with E-state index in [0.717, 1.165) is 0 Å². The molecule has 7 heteroatoms. The molecule has 1 aromatic heterocycles. The monoisotopic (exact) mass is 395 g/mol. The summed E-state index contributed by atoms with van der Waals surface area (Å²) in [6, 6.07) is 11.4. The van der Waals surface area contributed by atoms with E-state index in [1.165, 1.54) is 4.90 Å². The second kappa shape index (κ2) is 8.87. The molecule has 2 heterocycles. The molecular formula is C22H25N3O4. The highest BCUT2D eigenvalue weighted by Crippen LogP contribution is 2.38. The maximum Gasteiger partial charge on any atom is 0.295 e. The Kier molecular flexibility index (Phi) is 6.29. The van der Waals surface area contributed by atoms with Crippen LogP contribution in [0.25, 0.3) is 5.76 Å². The number of rotatable bonds is 7. The zero-order chi connectivity index (χ0) is 21.0. The molecule has 0 bridgehead atoms. The number of aromatic nitrogens is 1. The van der Waals surface area contributed by atoms with Crippen LogP contribution in [-0.4, -0.2) is 65.4 Å². The first-order valence-corrected chi connectivity index (χ1v) is 9.51. The summed E-state index contributed by atoms with van der Waals surface area (Å²) in [5.41, 5.74) is 1.04. The second-order valence-electron chi connectivity index (χ2n) is 7.01. The Morgan fingerprint density at radius 1 is 1.17 bits per heavy atom. The SMILES string of the molecule is CCOc1ccc(C(O)=C2C(=O)C(=O)N(CCN(C)C)C2c2ccccn2)cc1. The Morgan fingerprint density at radius 3 is 2.48 bits per heavy atom. The molecule has 152 valence electrons. The lowest BCUT2D eigenvalue weighted by Crippen LogP contribution is -2.35. The molecule has 1 amide bonds. The third-order valence-corrected chi connectivity index (χ3v) is 4.73. The number of carbonyl (C=O) groups is 2. The molecule has 1 fully saturated rings. The normalized spacial score (nSPS) is 18.5. The molecule has 1 aliphatic heterocycles. The number of Topliss-reactive ketones (excluding diaryl/α,β-unsaturated/α-hetero) is 1. The van der Waals surface area contributed by atoms with Crippen molar-refractivity contribution in [1.29, 1.82) is 0 Å². The lowest BCUT2D eigenvalue weighted by atomic mass is 9.98. The van der Waals surface area contributed by atoms with Crippen molar-refractivity contribution in [2.24, 2.45) is 0 Å². The third kappa shape index (κ3) is 4.30. The number of carbonyl (C=O) groups excluding carboxylic acids is 2. The summed E-state index contributed by atoms with van der Waals surface area (Å²) < 4.78 is 5.42. The number of amides is 1. The summed E-state index contributed by atoms with van der Waals surface area (Å²) in [5.74, 6) is -0.882. The van der Waals surface area contributed by atoms with Crippen LogP contribution in [0.4, 0.5) is 0 Å². The summed E-state index contributed by atoms with van der Waals surface area (Å²) in [7, 11) is 3.79. The molecule has 0 saturated carbocycles. The van der Waals surface area contributed by atoms with E-state index in [0.29, 0.717) is 36.7 Å². The Hall–Kier alpha value is -3.19. The van der Waals surface area contributed by atoms with Crippen molar-refractivity contribution in [3.8, 4) is 5.75 Å². The maximum atomic E-state index is 12.9. The van der Waals surface area contributed by atoms with Crippen molar-refractivity contribution < 1.29 is 19.4 Å². The van der Waals surface area contributed by atoms with Gasteiger partial charge in [0.1, 0.15) is 17.6 Å². The molecule has 1 unspecified atom stereocenters. The highest BCUT2D eigenvalue weighted by Gasteiger charge is 2.46. The van der Waals surface area contributed by atoms with Gasteiger partial charge in [-0.1, -0.05) is 6.07 Å². The first-order chi connectivity index (χ1) is 13.9. The van der Waals surface area contributed by atoms with Crippen molar-refractivity contribution in [3.63, 3.8) is 0 Å². The molecule has 0 spiro atoms. The highest BCUT2D eigenvalue weighted by atomic mass is 16.5. The number of pyridine rings is 1. The van der Waals surface area contributed by atoms with E-state index < -0.39 is 17.7 Å². The summed E-state index contributed by atoms with van der Waals surface area (Å²) in [4.78, 5) is 33.4. The number of aliphatic hydroxyl groups is 1. The van der Waals surface area contributed by atoms with E-state index in [1.807, 2.05) is 25.9 Å². The first-order valence-electron chi connectivity index (χ1n) is 9.51. The number of likely N-dealkylation sites (N-methyl/N-ethyl adjacent to an activating group) is 1. The molecule has 29 heavy (non-hydrogen) atoms. The number of nitrogens with zero attached hydrogens (tertiary/aromatic N) is 3. The number of ketones is 1. The molecule has 1 N–H and O–H groups in total. The Balaban J connectivity index is 2.07. The Bertz CT molecular complexity index is 907. The average molecular weight is 395 g/mol. The third-order valence-electron chi connectivity index (χ3n) is 4.73. The van der Waals surface area contributed by atoms with Gasteiger partial charge in [0.15, 0.2) is 0 Å². The zero-order valence-corrected chi connectivity index (χ0v) is 16.8. The Labute approximate surface area is 170 Å². The molecule has 3 rings (SSSR count). The van der Waals surface area contributed by atoms with Gasteiger partial charge in [0.25, 0.3) is 11.7 Å². The molecule has 2 aromatic rings. The molecule has 1 saturated heterocycles. The van der Waals surface area contributed by atoms with Crippen LogP contribution in [0.1, 0.15) is 24.2 Å². The quantitative estimate of drug-likeness (QED) is 0.441. The van der Waals surface area contributed by atoms with Gasteiger partial charge in [-0.25, -0.2) is 0 Å². The van der Waals surface area contributed by atoms with E-state index in [-0.39, 0.29) is 11.3 Å². The van der Waals surface area contributed by atoms with Gasteiger partial charge in [0, 0.05) is 24.8 Å². The van der Waals surface area contributed by atoms with Crippen LogP contribution in [-0.2, 0) is 9.59 Å². The number of aliphatic hydroxyl groups excluding tert-OH is 1. The number of ether oxygens (including phenoxy) is 1. The number of likely N-dealkylation sites (tertiary alicyclic amines) is 1. The van der Waals surface area contributed by atoms with Gasteiger partial charge < -0.3 is 19.6 Å². The van der Waals surface area contributed by atoms with Gasteiger partial charge in [0.2, 0.25) is 0 Å². The minimum absolute atomic E-state index is 0.0524.